The van der Waals surface area contributed by atoms with Crippen molar-refractivity contribution in [3.63, 3.8) is 0 Å². The molecule has 0 radical (unpaired) electrons. The normalized spacial score (nSPS) is 11.7. The molecular formula is C22H29P. The highest BCUT2D eigenvalue weighted by atomic mass is 31.1. The van der Waals surface area contributed by atoms with Gasteiger partial charge in [0.2, 0.25) is 0 Å². The van der Waals surface area contributed by atoms with E-state index in [1.807, 2.05) is 6.08 Å². The van der Waals surface area contributed by atoms with Crippen LogP contribution in [0.2, 0.25) is 0 Å². The fourth-order valence-electron chi connectivity index (χ4n) is 2.97. The molecule has 1 atom stereocenters. The molecular weight excluding hydrogens is 295 g/mol. The Morgan fingerprint density at radius 1 is 0.913 bits per heavy atom. The predicted molar refractivity (Wildman–Crippen MR) is 107 cm³/mol. The lowest BCUT2D eigenvalue weighted by Crippen LogP contribution is -2.18. The topological polar surface area (TPSA) is 0 Å². The van der Waals surface area contributed by atoms with Gasteiger partial charge in [0.25, 0.3) is 0 Å². The largest absolute Gasteiger partial charge is 0.103 e. The zero-order chi connectivity index (χ0) is 16.8. The van der Waals surface area contributed by atoms with Gasteiger partial charge in [-0.25, -0.2) is 0 Å². The molecule has 0 aliphatic heterocycles. The summed E-state index contributed by atoms with van der Waals surface area (Å²) >= 11 is 0. The van der Waals surface area contributed by atoms with Crippen molar-refractivity contribution in [2.24, 2.45) is 0 Å². The summed E-state index contributed by atoms with van der Waals surface area (Å²) in [4.78, 5) is 0. The van der Waals surface area contributed by atoms with Gasteiger partial charge >= 0.3 is 0 Å². The van der Waals surface area contributed by atoms with Gasteiger partial charge in [-0.05, 0) is 52.0 Å². The Hall–Kier alpha value is -1.39. The monoisotopic (exact) mass is 324 g/mol. The molecule has 0 aliphatic carbocycles. The van der Waals surface area contributed by atoms with Crippen LogP contribution in [0.5, 0.6) is 0 Å². The molecule has 0 amide bonds. The molecule has 23 heavy (non-hydrogen) atoms. The van der Waals surface area contributed by atoms with Crippen molar-refractivity contribution in [3.05, 3.63) is 71.8 Å². The van der Waals surface area contributed by atoms with Crippen molar-refractivity contribution < 1.29 is 0 Å². The second kappa shape index (κ2) is 8.46. The standard InChI is InChI=1S/C22H29P/c1-6-7-11-18-12-10-14-20(17(4)5)22(18)23-21-15-9-8-13-19(21)16(2)3/h6,8-10,12-17,23H,1,7,11H2,2-5H3. The maximum absolute atomic E-state index is 3.89. The minimum absolute atomic E-state index is 0.562. The smallest absolute Gasteiger partial charge is 0.0160 e. The Balaban J connectivity index is 2.47. The molecule has 0 nitrogen and oxygen atoms in total. The zero-order valence-electron chi connectivity index (χ0n) is 14.9. The molecule has 0 fully saturated rings. The van der Waals surface area contributed by atoms with Crippen molar-refractivity contribution in [2.45, 2.75) is 52.4 Å². The molecule has 0 saturated heterocycles. The summed E-state index contributed by atoms with van der Waals surface area (Å²) < 4.78 is 0. The summed E-state index contributed by atoms with van der Waals surface area (Å²) in [5, 5.41) is 3.05. The second-order valence-electron chi connectivity index (χ2n) is 6.73. The summed E-state index contributed by atoms with van der Waals surface area (Å²) in [5.41, 5.74) is 4.48. The van der Waals surface area contributed by atoms with E-state index >= 15 is 0 Å². The van der Waals surface area contributed by atoms with Crippen molar-refractivity contribution in [1.82, 2.24) is 0 Å². The summed E-state index contributed by atoms with van der Waals surface area (Å²) in [6, 6.07) is 15.8. The summed E-state index contributed by atoms with van der Waals surface area (Å²) in [6.07, 6.45) is 4.16. The van der Waals surface area contributed by atoms with Crippen LogP contribution in [-0.2, 0) is 6.42 Å². The number of allylic oxidation sites excluding steroid dienone is 1. The van der Waals surface area contributed by atoms with Crippen molar-refractivity contribution >= 4 is 19.2 Å². The Morgan fingerprint density at radius 3 is 2.22 bits per heavy atom. The summed E-state index contributed by atoms with van der Waals surface area (Å²) in [6.45, 7) is 13.1. The maximum atomic E-state index is 3.89. The fourth-order valence-corrected chi connectivity index (χ4v) is 4.82. The van der Waals surface area contributed by atoms with Gasteiger partial charge in [-0.1, -0.05) is 84.8 Å². The van der Waals surface area contributed by atoms with E-state index in [-0.39, 0.29) is 0 Å². The molecule has 0 saturated carbocycles. The average Bonchev–Trinajstić information content (AvgIpc) is 2.53. The first-order valence-corrected chi connectivity index (χ1v) is 9.63. The van der Waals surface area contributed by atoms with Gasteiger partial charge in [0, 0.05) is 0 Å². The lowest BCUT2D eigenvalue weighted by Gasteiger charge is -2.20. The molecule has 0 spiro atoms. The molecule has 0 bridgehead atoms. The lowest BCUT2D eigenvalue weighted by atomic mass is 9.98. The number of aryl methyl sites for hydroxylation is 1. The highest BCUT2D eigenvalue weighted by Gasteiger charge is 2.14. The average molecular weight is 324 g/mol. The SMILES string of the molecule is C=CCCc1cccc(C(C)C)c1Pc1ccccc1C(C)C. The van der Waals surface area contributed by atoms with Crippen LogP contribution in [-0.4, -0.2) is 0 Å². The van der Waals surface area contributed by atoms with Crippen LogP contribution in [0.3, 0.4) is 0 Å². The second-order valence-corrected chi connectivity index (χ2v) is 8.02. The van der Waals surface area contributed by atoms with Gasteiger partial charge in [0.1, 0.15) is 0 Å². The first-order chi connectivity index (χ1) is 11.0. The van der Waals surface area contributed by atoms with Gasteiger partial charge in [-0.15, -0.1) is 6.58 Å². The van der Waals surface area contributed by atoms with Crippen molar-refractivity contribution in [2.75, 3.05) is 0 Å². The maximum Gasteiger partial charge on any atom is -0.0160 e. The van der Waals surface area contributed by atoms with Crippen LogP contribution in [0.4, 0.5) is 0 Å². The Labute approximate surface area is 143 Å². The van der Waals surface area contributed by atoms with Gasteiger partial charge in [-0.3, -0.25) is 0 Å². The molecule has 1 unspecified atom stereocenters. The van der Waals surface area contributed by atoms with E-state index in [0.717, 1.165) is 21.4 Å². The van der Waals surface area contributed by atoms with E-state index in [4.69, 9.17) is 0 Å². The quantitative estimate of drug-likeness (QED) is 0.454. The Morgan fingerprint density at radius 2 is 1.57 bits per heavy atom. The third-order valence-corrected chi connectivity index (χ3v) is 5.85. The van der Waals surface area contributed by atoms with Gasteiger partial charge in [0.05, 0.1) is 0 Å². The summed E-state index contributed by atoms with van der Waals surface area (Å²) in [5.74, 6) is 1.13. The number of hydrogen-bond donors (Lipinski definition) is 0. The van der Waals surface area contributed by atoms with E-state index in [1.54, 1.807) is 5.30 Å². The molecule has 2 aromatic carbocycles. The highest BCUT2D eigenvalue weighted by Crippen LogP contribution is 2.26. The molecule has 1 heteroatoms. The van der Waals surface area contributed by atoms with E-state index < -0.39 is 0 Å². The minimum atomic E-state index is 0.562. The molecule has 0 aromatic heterocycles. The third-order valence-electron chi connectivity index (χ3n) is 4.27. The Kier molecular flexibility index (Phi) is 6.60. The third kappa shape index (κ3) is 4.55. The van der Waals surface area contributed by atoms with E-state index in [0.29, 0.717) is 11.8 Å². The lowest BCUT2D eigenvalue weighted by molar-refractivity contribution is 0.868. The predicted octanol–water partition coefficient (Wildman–Crippen LogP) is 5.68. The Bertz CT molecular complexity index is 653. The highest BCUT2D eigenvalue weighted by molar-refractivity contribution is 7.55. The van der Waals surface area contributed by atoms with Crippen LogP contribution in [0, 0.1) is 0 Å². The molecule has 0 aliphatic rings. The van der Waals surface area contributed by atoms with Crippen molar-refractivity contribution in [1.29, 1.82) is 0 Å². The molecule has 2 aromatic rings. The van der Waals surface area contributed by atoms with E-state index in [9.17, 15) is 0 Å². The van der Waals surface area contributed by atoms with Crippen LogP contribution >= 0.6 is 8.58 Å². The molecule has 2 rings (SSSR count). The zero-order valence-corrected chi connectivity index (χ0v) is 15.9. The summed E-state index contributed by atoms with van der Waals surface area (Å²) in [7, 11) is 0.736. The molecule has 122 valence electrons. The fraction of sp³-hybridized carbons (Fsp3) is 0.364. The van der Waals surface area contributed by atoms with Crippen LogP contribution in [0.15, 0.2) is 55.1 Å². The first kappa shape index (κ1) is 18.0. The van der Waals surface area contributed by atoms with Gasteiger partial charge < -0.3 is 0 Å². The minimum Gasteiger partial charge on any atom is -0.103 e. The first-order valence-electron chi connectivity index (χ1n) is 8.63. The van der Waals surface area contributed by atoms with Gasteiger partial charge in [0.15, 0.2) is 0 Å². The van der Waals surface area contributed by atoms with Crippen LogP contribution < -0.4 is 10.6 Å². The van der Waals surface area contributed by atoms with Crippen molar-refractivity contribution in [3.8, 4) is 0 Å². The number of benzene rings is 2. The van der Waals surface area contributed by atoms with E-state index in [1.165, 1.54) is 22.0 Å². The van der Waals surface area contributed by atoms with Gasteiger partial charge in [-0.2, -0.15) is 0 Å². The number of rotatable bonds is 7. The number of hydrogen-bond acceptors (Lipinski definition) is 0. The molecule has 0 heterocycles. The van der Waals surface area contributed by atoms with Crippen LogP contribution in [0.25, 0.3) is 0 Å². The van der Waals surface area contributed by atoms with Crippen LogP contribution in [0.1, 0.15) is 62.6 Å². The van der Waals surface area contributed by atoms with E-state index in [2.05, 4.69) is 76.7 Å². The molecule has 0 N–H and O–H groups in total.